The van der Waals surface area contributed by atoms with E-state index in [4.69, 9.17) is 4.52 Å². The number of rotatable bonds is 5. The van der Waals surface area contributed by atoms with E-state index < -0.39 is 0 Å². The van der Waals surface area contributed by atoms with Gasteiger partial charge in [0, 0.05) is 10.9 Å². The molecule has 0 spiro atoms. The highest BCUT2D eigenvalue weighted by Gasteiger charge is 2.31. The van der Waals surface area contributed by atoms with Gasteiger partial charge in [-0.15, -0.1) is 11.8 Å². The molecule has 0 bridgehead atoms. The number of aromatic nitrogens is 2. The smallest absolute Gasteiger partial charge is 0.231 e. The number of thioether (sulfide) groups is 1. The zero-order chi connectivity index (χ0) is 14.7. The molecule has 1 aromatic carbocycles. The Labute approximate surface area is 129 Å². The Morgan fingerprint density at radius 2 is 2.10 bits per heavy atom. The van der Waals surface area contributed by atoms with Gasteiger partial charge in [-0.25, -0.2) is 0 Å². The van der Waals surface area contributed by atoms with Crippen molar-refractivity contribution in [2.24, 2.45) is 0 Å². The summed E-state index contributed by atoms with van der Waals surface area (Å²) in [6.07, 6.45) is 3.56. The quantitative estimate of drug-likeness (QED) is 0.856. The van der Waals surface area contributed by atoms with Gasteiger partial charge in [0.2, 0.25) is 5.89 Å². The molecule has 2 aromatic rings. The molecule has 21 heavy (non-hydrogen) atoms. The molecule has 1 aliphatic rings. The maximum Gasteiger partial charge on any atom is 0.231 e. The number of nitrogens with zero attached hydrogens (tertiary/aromatic N) is 2. The third kappa shape index (κ3) is 3.47. The van der Waals surface area contributed by atoms with Crippen LogP contribution in [-0.2, 0) is 5.75 Å². The monoisotopic (exact) mass is 303 g/mol. The van der Waals surface area contributed by atoms with E-state index in [1.807, 2.05) is 7.05 Å². The molecular weight excluding hydrogens is 282 g/mol. The van der Waals surface area contributed by atoms with E-state index in [2.05, 4.69) is 46.6 Å². The maximum atomic E-state index is 5.47. The van der Waals surface area contributed by atoms with E-state index in [0.717, 1.165) is 23.9 Å². The summed E-state index contributed by atoms with van der Waals surface area (Å²) in [7, 11) is 2.01. The molecule has 0 radical (unpaired) electrons. The molecule has 3 rings (SSSR count). The van der Waals surface area contributed by atoms with Gasteiger partial charge in [0.1, 0.15) is 0 Å². The van der Waals surface area contributed by atoms with Crippen molar-refractivity contribution in [1.82, 2.24) is 15.5 Å². The number of benzene rings is 1. The maximum absolute atomic E-state index is 5.47. The van der Waals surface area contributed by atoms with Gasteiger partial charge in [0.05, 0.1) is 11.7 Å². The normalized spacial score (nSPS) is 21.8. The predicted molar refractivity (Wildman–Crippen MR) is 84.5 cm³/mol. The first-order valence-electron chi connectivity index (χ1n) is 7.45. The van der Waals surface area contributed by atoms with Crippen LogP contribution in [0.5, 0.6) is 0 Å². The minimum atomic E-state index is 0.376. The fraction of sp³-hybridized carbons (Fsp3) is 0.500. The minimum absolute atomic E-state index is 0.376. The molecule has 1 fully saturated rings. The lowest BCUT2D eigenvalue weighted by Crippen LogP contribution is -2.27. The Bertz CT molecular complexity index is 581. The first kappa shape index (κ1) is 14.6. The molecule has 1 aromatic heterocycles. The molecule has 4 nitrogen and oxygen atoms in total. The standard InChI is InChI=1S/C16H21N3OS/c1-11-6-8-12(9-7-11)21-10-15-18-16(20-19-15)13-4-3-5-14(13)17-2/h6-9,13-14,17H,3-5,10H2,1-2H3. The summed E-state index contributed by atoms with van der Waals surface area (Å²) in [4.78, 5) is 5.82. The molecule has 1 aliphatic carbocycles. The number of hydrogen-bond donors (Lipinski definition) is 1. The number of hydrogen-bond acceptors (Lipinski definition) is 5. The van der Waals surface area contributed by atoms with Crippen LogP contribution in [0.3, 0.4) is 0 Å². The highest BCUT2D eigenvalue weighted by Crippen LogP contribution is 2.33. The summed E-state index contributed by atoms with van der Waals surface area (Å²) in [5.74, 6) is 2.72. The van der Waals surface area contributed by atoms with Crippen LogP contribution in [-0.4, -0.2) is 23.2 Å². The van der Waals surface area contributed by atoms with Gasteiger partial charge in [0.15, 0.2) is 5.82 Å². The van der Waals surface area contributed by atoms with E-state index in [-0.39, 0.29) is 0 Å². The van der Waals surface area contributed by atoms with Gasteiger partial charge in [-0.05, 0) is 38.9 Å². The van der Waals surface area contributed by atoms with Crippen LogP contribution in [0.1, 0.15) is 42.5 Å². The van der Waals surface area contributed by atoms with Crippen LogP contribution in [0, 0.1) is 6.92 Å². The SMILES string of the molecule is CNC1CCCC1c1nc(CSc2ccc(C)cc2)no1. The summed E-state index contributed by atoms with van der Waals surface area (Å²) < 4.78 is 5.47. The molecule has 112 valence electrons. The van der Waals surface area contributed by atoms with Crippen molar-refractivity contribution in [2.75, 3.05) is 7.05 Å². The second kappa shape index (κ2) is 6.62. The van der Waals surface area contributed by atoms with Gasteiger partial charge < -0.3 is 9.84 Å². The highest BCUT2D eigenvalue weighted by atomic mass is 32.2. The van der Waals surface area contributed by atoms with Crippen LogP contribution < -0.4 is 5.32 Å². The van der Waals surface area contributed by atoms with Crippen molar-refractivity contribution in [2.45, 2.75) is 48.8 Å². The summed E-state index contributed by atoms with van der Waals surface area (Å²) in [6, 6.07) is 8.99. The average Bonchev–Trinajstić information content (AvgIpc) is 3.15. The second-order valence-corrected chi connectivity index (χ2v) is 6.63. The Morgan fingerprint density at radius 3 is 2.86 bits per heavy atom. The van der Waals surface area contributed by atoms with Gasteiger partial charge >= 0.3 is 0 Å². The molecule has 0 amide bonds. The van der Waals surface area contributed by atoms with Gasteiger partial charge in [-0.3, -0.25) is 0 Å². The van der Waals surface area contributed by atoms with Crippen LogP contribution >= 0.6 is 11.8 Å². The minimum Gasteiger partial charge on any atom is -0.339 e. The predicted octanol–water partition coefficient (Wildman–Crippen LogP) is 3.53. The summed E-state index contributed by atoms with van der Waals surface area (Å²) >= 11 is 1.74. The summed E-state index contributed by atoms with van der Waals surface area (Å²) in [5.41, 5.74) is 1.28. The molecule has 2 unspecified atom stereocenters. The summed E-state index contributed by atoms with van der Waals surface area (Å²) in [6.45, 7) is 2.10. The van der Waals surface area contributed by atoms with Crippen LogP contribution in [0.4, 0.5) is 0 Å². The zero-order valence-corrected chi connectivity index (χ0v) is 13.3. The van der Waals surface area contributed by atoms with E-state index in [0.29, 0.717) is 12.0 Å². The van der Waals surface area contributed by atoms with Crippen LogP contribution in [0.15, 0.2) is 33.7 Å². The average molecular weight is 303 g/mol. The van der Waals surface area contributed by atoms with E-state index in [1.165, 1.54) is 23.3 Å². The largest absolute Gasteiger partial charge is 0.339 e. The van der Waals surface area contributed by atoms with Crippen molar-refractivity contribution in [1.29, 1.82) is 0 Å². The van der Waals surface area contributed by atoms with Gasteiger partial charge in [-0.1, -0.05) is 29.3 Å². The van der Waals surface area contributed by atoms with Crippen LogP contribution in [0.2, 0.25) is 0 Å². The molecule has 1 N–H and O–H groups in total. The van der Waals surface area contributed by atoms with Gasteiger partial charge in [0.25, 0.3) is 0 Å². The number of likely N-dealkylation sites (N-methyl/N-ethyl adjacent to an activating group) is 1. The molecule has 5 heteroatoms. The Morgan fingerprint density at radius 1 is 1.29 bits per heavy atom. The second-order valence-electron chi connectivity index (χ2n) is 5.58. The lowest BCUT2D eigenvalue weighted by Gasteiger charge is -2.14. The fourth-order valence-corrected chi connectivity index (χ4v) is 3.60. The Kier molecular flexibility index (Phi) is 4.60. The van der Waals surface area contributed by atoms with Crippen molar-refractivity contribution in [3.8, 4) is 0 Å². The molecule has 1 heterocycles. The summed E-state index contributed by atoms with van der Waals surface area (Å²) in [5, 5.41) is 7.48. The molecule has 0 saturated heterocycles. The molecule has 1 saturated carbocycles. The van der Waals surface area contributed by atoms with Crippen molar-refractivity contribution in [3.63, 3.8) is 0 Å². The van der Waals surface area contributed by atoms with Crippen molar-refractivity contribution in [3.05, 3.63) is 41.5 Å². The third-order valence-electron chi connectivity index (χ3n) is 4.08. The zero-order valence-electron chi connectivity index (χ0n) is 12.5. The topological polar surface area (TPSA) is 51.0 Å². The van der Waals surface area contributed by atoms with Crippen molar-refractivity contribution >= 4 is 11.8 Å². The highest BCUT2D eigenvalue weighted by molar-refractivity contribution is 7.98. The molecule has 2 atom stereocenters. The number of nitrogens with one attached hydrogen (secondary N) is 1. The number of aryl methyl sites for hydroxylation is 1. The lowest BCUT2D eigenvalue weighted by molar-refractivity contribution is 0.333. The Balaban J connectivity index is 1.61. The van der Waals surface area contributed by atoms with E-state index in [9.17, 15) is 0 Å². The fourth-order valence-electron chi connectivity index (χ4n) is 2.86. The van der Waals surface area contributed by atoms with Gasteiger partial charge in [-0.2, -0.15) is 4.98 Å². The molecular formula is C16H21N3OS. The van der Waals surface area contributed by atoms with Crippen molar-refractivity contribution < 1.29 is 4.52 Å². The third-order valence-corrected chi connectivity index (χ3v) is 5.08. The van der Waals surface area contributed by atoms with Crippen LogP contribution in [0.25, 0.3) is 0 Å². The first-order valence-corrected chi connectivity index (χ1v) is 8.44. The Hall–Kier alpha value is -1.33. The van der Waals surface area contributed by atoms with E-state index >= 15 is 0 Å². The lowest BCUT2D eigenvalue weighted by atomic mass is 10.0. The molecule has 0 aliphatic heterocycles. The van der Waals surface area contributed by atoms with E-state index in [1.54, 1.807) is 11.8 Å². The first-order chi connectivity index (χ1) is 10.3.